The van der Waals surface area contributed by atoms with E-state index in [1.54, 1.807) is 6.07 Å². The molecule has 0 heterocycles. The van der Waals surface area contributed by atoms with Crippen molar-refractivity contribution < 1.29 is 5.11 Å². The van der Waals surface area contributed by atoms with E-state index in [1.807, 2.05) is 12.1 Å². The lowest BCUT2D eigenvalue weighted by Gasteiger charge is -2.28. The summed E-state index contributed by atoms with van der Waals surface area (Å²) in [6, 6.07) is 5.92. The minimum absolute atomic E-state index is 0.323. The van der Waals surface area contributed by atoms with Gasteiger partial charge in [0, 0.05) is 17.1 Å². The number of phenols is 1. The van der Waals surface area contributed by atoms with Gasteiger partial charge in [-0.1, -0.05) is 29.8 Å². The molecule has 0 saturated heterocycles. The van der Waals surface area contributed by atoms with Crippen molar-refractivity contribution in [2.24, 2.45) is 5.92 Å². The second kappa shape index (κ2) is 5.69. The van der Waals surface area contributed by atoms with Crippen molar-refractivity contribution >= 4 is 15.9 Å². The van der Waals surface area contributed by atoms with Crippen molar-refractivity contribution in [2.75, 3.05) is 7.05 Å². The first-order valence-electron chi connectivity index (χ1n) is 5.59. The Bertz CT molecular complexity index is 352. The number of rotatable bonds is 4. The highest BCUT2D eigenvalue weighted by molar-refractivity contribution is 9.10. The highest BCUT2D eigenvalue weighted by Gasteiger charge is 2.14. The smallest absolute Gasteiger partial charge is 0.115 e. The summed E-state index contributed by atoms with van der Waals surface area (Å²) in [7, 11) is 2.11. The van der Waals surface area contributed by atoms with E-state index in [2.05, 4.69) is 48.6 Å². The number of benzene rings is 1. The fraction of sp³-hybridized carbons (Fsp3) is 0.538. The van der Waals surface area contributed by atoms with Crippen LogP contribution in [0.2, 0.25) is 0 Å². The standard InChI is InChI=1S/C13H20BrNO/c1-9(2)10(3)15(4)8-11-7-12(16)5-6-13(11)14/h5-7,9-10,16H,8H2,1-4H3. The van der Waals surface area contributed by atoms with E-state index in [-0.39, 0.29) is 0 Å². The molecule has 0 fully saturated rings. The number of nitrogens with zero attached hydrogens (tertiary/aromatic N) is 1. The molecule has 1 N–H and O–H groups in total. The molecular formula is C13H20BrNO. The van der Waals surface area contributed by atoms with Crippen LogP contribution in [0.1, 0.15) is 26.3 Å². The van der Waals surface area contributed by atoms with Gasteiger partial charge < -0.3 is 5.11 Å². The van der Waals surface area contributed by atoms with Gasteiger partial charge in [0.1, 0.15) is 5.75 Å². The Morgan fingerprint density at radius 1 is 1.31 bits per heavy atom. The molecule has 1 rings (SSSR count). The summed E-state index contributed by atoms with van der Waals surface area (Å²) in [6.07, 6.45) is 0. The molecule has 0 aliphatic carbocycles. The molecule has 16 heavy (non-hydrogen) atoms. The summed E-state index contributed by atoms with van der Waals surface area (Å²) < 4.78 is 1.05. The zero-order chi connectivity index (χ0) is 12.3. The van der Waals surface area contributed by atoms with E-state index in [0.717, 1.165) is 16.6 Å². The zero-order valence-electron chi connectivity index (χ0n) is 10.4. The molecule has 0 radical (unpaired) electrons. The van der Waals surface area contributed by atoms with Crippen LogP contribution in [0, 0.1) is 5.92 Å². The van der Waals surface area contributed by atoms with Crippen LogP contribution in [0.4, 0.5) is 0 Å². The second-order valence-corrected chi connectivity index (χ2v) is 5.53. The molecule has 0 aromatic heterocycles. The Morgan fingerprint density at radius 2 is 1.94 bits per heavy atom. The van der Waals surface area contributed by atoms with Gasteiger partial charge in [0.05, 0.1) is 0 Å². The maximum Gasteiger partial charge on any atom is 0.115 e. The number of aromatic hydroxyl groups is 1. The van der Waals surface area contributed by atoms with Crippen LogP contribution >= 0.6 is 15.9 Å². The monoisotopic (exact) mass is 285 g/mol. The normalized spacial score (nSPS) is 13.4. The summed E-state index contributed by atoms with van der Waals surface area (Å²) in [5.74, 6) is 0.949. The maximum absolute atomic E-state index is 9.46. The first kappa shape index (κ1) is 13.5. The van der Waals surface area contributed by atoms with Crippen molar-refractivity contribution in [3.63, 3.8) is 0 Å². The summed E-state index contributed by atoms with van der Waals surface area (Å²) in [5.41, 5.74) is 1.12. The fourth-order valence-corrected chi connectivity index (χ4v) is 1.98. The fourth-order valence-electron chi connectivity index (χ4n) is 1.60. The van der Waals surface area contributed by atoms with Gasteiger partial charge >= 0.3 is 0 Å². The SMILES string of the molecule is CC(C)C(C)N(C)Cc1cc(O)ccc1Br. The topological polar surface area (TPSA) is 23.5 Å². The number of phenolic OH excluding ortho intramolecular Hbond substituents is 1. The first-order chi connectivity index (χ1) is 7.41. The molecule has 1 aromatic rings. The average Bonchev–Trinajstić information content (AvgIpc) is 2.22. The van der Waals surface area contributed by atoms with Gasteiger partial charge in [-0.25, -0.2) is 0 Å². The number of hydrogen-bond acceptors (Lipinski definition) is 2. The van der Waals surface area contributed by atoms with Crippen molar-refractivity contribution in [1.29, 1.82) is 0 Å². The molecule has 1 aromatic carbocycles. The molecule has 0 amide bonds. The van der Waals surface area contributed by atoms with Crippen LogP contribution in [-0.4, -0.2) is 23.1 Å². The summed E-state index contributed by atoms with van der Waals surface area (Å²) in [6.45, 7) is 7.51. The maximum atomic E-state index is 9.46. The van der Waals surface area contributed by atoms with Gasteiger partial charge in [-0.05, 0) is 43.7 Å². The van der Waals surface area contributed by atoms with Crippen molar-refractivity contribution in [3.8, 4) is 5.75 Å². The molecule has 3 heteroatoms. The zero-order valence-corrected chi connectivity index (χ0v) is 12.0. The van der Waals surface area contributed by atoms with Crippen LogP contribution in [-0.2, 0) is 6.54 Å². The van der Waals surface area contributed by atoms with Crippen molar-refractivity contribution in [2.45, 2.75) is 33.4 Å². The Labute approximate surface area is 106 Å². The van der Waals surface area contributed by atoms with Gasteiger partial charge in [-0.3, -0.25) is 4.90 Å². The summed E-state index contributed by atoms with van der Waals surface area (Å²) >= 11 is 3.51. The Hall–Kier alpha value is -0.540. The Morgan fingerprint density at radius 3 is 2.50 bits per heavy atom. The van der Waals surface area contributed by atoms with Gasteiger partial charge in [0.15, 0.2) is 0 Å². The highest BCUT2D eigenvalue weighted by atomic mass is 79.9. The second-order valence-electron chi connectivity index (χ2n) is 4.68. The quantitative estimate of drug-likeness (QED) is 0.913. The molecule has 2 nitrogen and oxygen atoms in total. The largest absolute Gasteiger partial charge is 0.508 e. The van der Waals surface area contributed by atoms with E-state index < -0.39 is 0 Å². The minimum atomic E-state index is 0.323. The summed E-state index contributed by atoms with van der Waals surface area (Å²) in [4.78, 5) is 2.30. The van der Waals surface area contributed by atoms with Gasteiger partial charge in [0.2, 0.25) is 0 Å². The first-order valence-corrected chi connectivity index (χ1v) is 6.38. The van der Waals surface area contributed by atoms with E-state index in [1.165, 1.54) is 0 Å². The molecule has 0 aliphatic rings. The molecule has 0 saturated carbocycles. The number of hydrogen-bond donors (Lipinski definition) is 1. The Kier molecular flexibility index (Phi) is 4.81. The van der Waals surface area contributed by atoms with E-state index in [4.69, 9.17) is 0 Å². The Balaban J connectivity index is 2.76. The lowest BCUT2D eigenvalue weighted by Crippen LogP contribution is -2.32. The third-order valence-electron chi connectivity index (χ3n) is 3.11. The van der Waals surface area contributed by atoms with Gasteiger partial charge in [-0.2, -0.15) is 0 Å². The van der Waals surface area contributed by atoms with Crippen LogP contribution in [0.5, 0.6) is 5.75 Å². The molecule has 1 unspecified atom stereocenters. The molecular weight excluding hydrogens is 266 g/mol. The summed E-state index contributed by atoms with van der Waals surface area (Å²) in [5, 5.41) is 9.46. The lowest BCUT2D eigenvalue weighted by molar-refractivity contribution is 0.200. The lowest BCUT2D eigenvalue weighted by atomic mass is 10.0. The van der Waals surface area contributed by atoms with Crippen molar-refractivity contribution in [3.05, 3.63) is 28.2 Å². The minimum Gasteiger partial charge on any atom is -0.508 e. The average molecular weight is 286 g/mol. The van der Waals surface area contributed by atoms with Gasteiger partial charge in [-0.15, -0.1) is 0 Å². The molecule has 0 aliphatic heterocycles. The van der Waals surface area contributed by atoms with Crippen LogP contribution in [0.15, 0.2) is 22.7 Å². The molecule has 0 spiro atoms. The van der Waals surface area contributed by atoms with E-state index >= 15 is 0 Å². The number of halogens is 1. The van der Waals surface area contributed by atoms with E-state index in [0.29, 0.717) is 17.7 Å². The van der Waals surface area contributed by atoms with Gasteiger partial charge in [0.25, 0.3) is 0 Å². The predicted octanol–water partition coefficient (Wildman–Crippen LogP) is 3.63. The molecule has 90 valence electrons. The highest BCUT2D eigenvalue weighted by Crippen LogP contribution is 2.24. The van der Waals surface area contributed by atoms with E-state index in [9.17, 15) is 5.11 Å². The molecule has 0 bridgehead atoms. The van der Waals surface area contributed by atoms with Crippen LogP contribution in [0.3, 0.4) is 0 Å². The third kappa shape index (κ3) is 3.49. The third-order valence-corrected chi connectivity index (χ3v) is 3.88. The van der Waals surface area contributed by atoms with Crippen LogP contribution < -0.4 is 0 Å². The molecule has 1 atom stereocenters. The van der Waals surface area contributed by atoms with Crippen molar-refractivity contribution in [1.82, 2.24) is 4.90 Å². The van der Waals surface area contributed by atoms with Crippen LogP contribution in [0.25, 0.3) is 0 Å². The predicted molar refractivity (Wildman–Crippen MR) is 71.6 cm³/mol.